The third-order valence-electron chi connectivity index (χ3n) is 1.92. The van der Waals surface area contributed by atoms with Crippen LogP contribution in [0.25, 0.3) is 0 Å². The maximum atomic E-state index is 10.9. The number of aromatic nitrogens is 1. The van der Waals surface area contributed by atoms with E-state index in [0.717, 1.165) is 4.34 Å². The van der Waals surface area contributed by atoms with Crippen LogP contribution in [-0.2, 0) is 0 Å². The lowest BCUT2D eigenvalue weighted by Crippen LogP contribution is -1.92. The summed E-state index contributed by atoms with van der Waals surface area (Å²) in [5, 5.41) is 12.7. The zero-order valence-corrected chi connectivity index (χ0v) is 10.0. The van der Waals surface area contributed by atoms with Crippen molar-refractivity contribution in [3.8, 4) is 0 Å². The molecule has 17 heavy (non-hydrogen) atoms. The van der Waals surface area contributed by atoms with E-state index in [1.54, 1.807) is 23.7 Å². The number of hydrogen-bond donors (Lipinski definition) is 0. The second kappa shape index (κ2) is 5.07. The zero-order valence-electron chi connectivity index (χ0n) is 8.40. The number of carbonyl (C=O) groups excluding carboxylic acids is 1. The lowest BCUT2D eigenvalue weighted by Gasteiger charge is -2.00. The van der Waals surface area contributed by atoms with Crippen LogP contribution in [0.15, 0.2) is 39.0 Å². The fourth-order valence-electron chi connectivity index (χ4n) is 1.19. The Morgan fingerprint density at radius 3 is 2.88 bits per heavy atom. The van der Waals surface area contributed by atoms with Gasteiger partial charge in [-0.25, -0.2) is 4.98 Å². The fourth-order valence-corrected chi connectivity index (χ4v) is 2.86. The van der Waals surface area contributed by atoms with Crippen LogP contribution in [0.4, 0.5) is 5.69 Å². The van der Waals surface area contributed by atoms with Gasteiger partial charge in [0.15, 0.2) is 4.34 Å². The monoisotopic (exact) mass is 266 g/mol. The smallest absolute Gasteiger partial charge is 0.284 e. The summed E-state index contributed by atoms with van der Waals surface area (Å²) in [7, 11) is 0. The Morgan fingerprint density at radius 1 is 1.47 bits per heavy atom. The quantitative estimate of drug-likeness (QED) is 0.483. The van der Waals surface area contributed by atoms with Crippen LogP contribution in [0.1, 0.15) is 10.4 Å². The standard InChI is InChI=1S/C10H6N2O3S2/c13-6-7-1-2-9(8(5-7)12(14)15)17-10-11-3-4-16-10/h1-6H. The van der Waals surface area contributed by atoms with Crippen molar-refractivity contribution in [2.75, 3.05) is 0 Å². The SMILES string of the molecule is O=Cc1ccc(Sc2nccs2)c([N+](=O)[O-])c1. The van der Waals surface area contributed by atoms with Crippen molar-refractivity contribution in [1.82, 2.24) is 4.98 Å². The molecule has 5 nitrogen and oxygen atoms in total. The molecule has 86 valence electrons. The van der Waals surface area contributed by atoms with E-state index in [9.17, 15) is 14.9 Å². The Bertz CT molecular complexity index is 555. The van der Waals surface area contributed by atoms with Crippen LogP contribution in [0.3, 0.4) is 0 Å². The van der Waals surface area contributed by atoms with Gasteiger partial charge in [-0.1, -0.05) is 17.8 Å². The minimum atomic E-state index is -0.497. The number of nitro groups is 1. The van der Waals surface area contributed by atoms with Crippen molar-refractivity contribution in [3.63, 3.8) is 0 Å². The van der Waals surface area contributed by atoms with E-state index in [1.165, 1.54) is 29.2 Å². The molecule has 0 radical (unpaired) electrons. The van der Waals surface area contributed by atoms with Gasteiger partial charge in [0.25, 0.3) is 5.69 Å². The van der Waals surface area contributed by atoms with E-state index >= 15 is 0 Å². The second-order valence-corrected chi connectivity index (χ2v) is 5.19. The van der Waals surface area contributed by atoms with Gasteiger partial charge in [-0.05, 0) is 6.07 Å². The first-order valence-corrected chi connectivity index (χ1v) is 6.21. The van der Waals surface area contributed by atoms with Gasteiger partial charge >= 0.3 is 0 Å². The topological polar surface area (TPSA) is 73.1 Å². The Labute approximate surface area is 105 Å². The molecule has 0 unspecified atom stereocenters. The van der Waals surface area contributed by atoms with E-state index < -0.39 is 4.92 Å². The lowest BCUT2D eigenvalue weighted by atomic mass is 10.2. The Kier molecular flexibility index (Phi) is 3.50. The first-order valence-electron chi connectivity index (χ1n) is 4.51. The maximum absolute atomic E-state index is 10.9. The van der Waals surface area contributed by atoms with Crippen molar-refractivity contribution < 1.29 is 9.72 Å². The van der Waals surface area contributed by atoms with Gasteiger partial charge in [0.2, 0.25) is 0 Å². The van der Waals surface area contributed by atoms with Crippen molar-refractivity contribution in [1.29, 1.82) is 0 Å². The van der Waals surface area contributed by atoms with Crippen LogP contribution in [0.2, 0.25) is 0 Å². The molecule has 0 aliphatic heterocycles. The average molecular weight is 266 g/mol. The fraction of sp³-hybridized carbons (Fsp3) is 0. The predicted octanol–water partition coefficient (Wildman–Crippen LogP) is 3.02. The highest BCUT2D eigenvalue weighted by atomic mass is 32.2. The van der Waals surface area contributed by atoms with E-state index in [2.05, 4.69) is 4.98 Å². The number of aldehydes is 1. The number of carbonyl (C=O) groups is 1. The number of nitrogens with zero attached hydrogens (tertiary/aromatic N) is 2. The van der Waals surface area contributed by atoms with Crippen LogP contribution < -0.4 is 0 Å². The molecule has 0 fully saturated rings. The minimum Gasteiger partial charge on any atom is -0.298 e. The summed E-state index contributed by atoms with van der Waals surface area (Å²) >= 11 is 2.63. The molecule has 1 aromatic carbocycles. The van der Waals surface area contributed by atoms with Crippen molar-refractivity contribution in [3.05, 3.63) is 45.5 Å². The second-order valence-electron chi connectivity index (χ2n) is 3.00. The van der Waals surface area contributed by atoms with E-state index in [-0.39, 0.29) is 5.69 Å². The molecule has 0 aliphatic carbocycles. The van der Waals surface area contributed by atoms with Gasteiger partial charge in [-0.15, -0.1) is 11.3 Å². The molecular formula is C10H6N2O3S2. The first-order chi connectivity index (χ1) is 8.20. The van der Waals surface area contributed by atoms with Crippen LogP contribution in [0, 0.1) is 10.1 Å². The largest absolute Gasteiger partial charge is 0.298 e. The van der Waals surface area contributed by atoms with E-state index in [1.807, 2.05) is 0 Å². The molecule has 0 bridgehead atoms. The molecule has 2 aromatic rings. The number of thiazole rings is 1. The van der Waals surface area contributed by atoms with Gasteiger partial charge in [0, 0.05) is 23.2 Å². The van der Waals surface area contributed by atoms with Crippen molar-refractivity contribution in [2.24, 2.45) is 0 Å². The van der Waals surface area contributed by atoms with Crippen LogP contribution in [-0.4, -0.2) is 16.2 Å². The third kappa shape index (κ3) is 2.69. The summed E-state index contributed by atoms with van der Waals surface area (Å²) < 4.78 is 0.729. The molecule has 0 saturated carbocycles. The van der Waals surface area contributed by atoms with Gasteiger partial charge in [0.05, 0.1) is 9.82 Å². The highest BCUT2D eigenvalue weighted by Gasteiger charge is 2.16. The summed E-state index contributed by atoms with van der Waals surface area (Å²) in [5.74, 6) is 0. The average Bonchev–Trinajstić information content (AvgIpc) is 2.82. The molecule has 2 rings (SSSR count). The first kappa shape index (κ1) is 11.7. The summed E-state index contributed by atoms with van der Waals surface area (Å²) in [6, 6.07) is 4.38. The molecule has 0 aliphatic rings. The normalized spacial score (nSPS) is 10.1. The highest BCUT2D eigenvalue weighted by Crippen LogP contribution is 2.35. The van der Waals surface area contributed by atoms with Crippen LogP contribution >= 0.6 is 23.1 Å². The van der Waals surface area contributed by atoms with Crippen molar-refractivity contribution >= 4 is 35.1 Å². The van der Waals surface area contributed by atoms with Gasteiger partial charge in [-0.2, -0.15) is 0 Å². The summed E-state index contributed by atoms with van der Waals surface area (Å²) in [6.45, 7) is 0. The zero-order chi connectivity index (χ0) is 12.3. The Balaban J connectivity index is 2.39. The van der Waals surface area contributed by atoms with E-state index in [4.69, 9.17) is 0 Å². The molecule has 0 N–H and O–H groups in total. The minimum absolute atomic E-state index is 0.0743. The van der Waals surface area contributed by atoms with E-state index in [0.29, 0.717) is 16.7 Å². The van der Waals surface area contributed by atoms with Gasteiger partial charge in [-0.3, -0.25) is 14.9 Å². The molecule has 0 atom stereocenters. The lowest BCUT2D eigenvalue weighted by molar-refractivity contribution is -0.387. The predicted molar refractivity (Wildman–Crippen MR) is 64.7 cm³/mol. The van der Waals surface area contributed by atoms with Crippen LogP contribution in [0.5, 0.6) is 0 Å². The number of rotatable bonds is 4. The Hall–Kier alpha value is -1.73. The number of hydrogen-bond acceptors (Lipinski definition) is 6. The van der Waals surface area contributed by atoms with Crippen molar-refractivity contribution in [2.45, 2.75) is 9.24 Å². The number of nitro benzene ring substituents is 1. The van der Waals surface area contributed by atoms with Gasteiger partial charge < -0.3 is 0 Å². The molecule has 1 heterocycles. The Morgan fingerprint density at radius 2 is 2.29 bits per heavy atom. The molecule has 0 amide bonds. The molecule has 0 saturated heterocycles. The molecule has 1 aromatic heterocycles. The third-order valence-corrected chi connectivity index (χ3v) is 3.87. The summed E-state index contributed by atoms with van der Waals surface area (Å²) in [6.07, 6.45) is 2.23. The highest BCUT2D eigenvalue weighted by molar-refractivity contribution is 8.01. The van der Waals surface area contributed by atoms with Gasteiger partial charge in [0.1, 0.15) is 6.29 Å². The number of benzene rings is 1. The summed E-state index contributed by atoms with van der Waals surface area (Å²) in [5.41, 5.74) is 0.218. The maximum Gasteiger partial charge on any atom is 0.284 e. The summed E-state index contributed by atoms with van der Waals surface area (Å²) in [4.78, 5) is 25.5. The molecule has 7 heteroatoms. The molecule has 0 spiro atoms. The molecular weight excluding hydrogens is 260 g/mol.